The van der Waals surface area contributed by atoms with Crippen LogP contribution in [0.25, 0.3) is 166 Å². The molecule has 0 aliphatic rings. The summed E-state index contributed by atoms with van der Waals surface area (Å²) < 4.78 is 18.2. The molecule has 17 rings (SSSR count). The van der Waals surface area contributed by atoms with Crippen molar-refractivity contribution in [2.75, 3.05) is 0 Å². The van der Waals surface area contributed by atoms with Crippen LogP contribution >= 0.6 is 0 Å². The molecule has 5 aromatic heterocycles. The first-order valence-corrected chi connectivity index (χ1v) is 28.8. The van der Waals surface area contributed by atoms with Gasteiger partial charge in [-0.25, -0.2) is 15.0 Å². The van der Waals surface area contributed by atoms with E-state index in [9.17, 15) is 15.8 Å². The van der Waals surface area contributed by atoms with Crippen LogP contribution in [0.5, 0.6) is 0 Å². The maximum absolute atomic E-state index is 10.2. The zero-order chi connectivity index (χ0) is 58.6. The van der Waals surface area contributed by atoms with Crippen molar-refractivity contribution >= 4 is 87.5 Å². The fourth-order valence-corrected chi connectivity index (χ4v) is 13.0. The van der Waals surface area contributed by atoms with Gasteiger partial charge in [-0.15, -0.1) is 0 Å². The Bertz CT molecular complexity index is 5630. The normalized spacial score (nSPS) is 11.6. The molecular weight excluding hydrogens is 1080 g/mol. The van der Waals surface area contributed by atoms with Gasteiger partial charge in [-0.2, -0.15) is 15.8 Å². The summed E-state index contributed by atoms with van der Waals surface area (Å²) in [5.41, 5.74) is 17.8. The number of aromatic nitrogens is 5. The van der Waals surface area contributed by atoms with Crippen LogP contribution < -0.4 is 0 Å². The van der Waals surface area contributed by atoms with Crippen LogP contribution in [-0.4, -0.2) is 24.1 Å². The predicted octanol–water partition coefficient (Wildman–Crippen LogP) is 19.5. The lowest BCUT2D eigenvalue weighted by molar-refractivity contribution is 0.672. The average Bonchev–Trinajstić information content (AvgIpc) is 1.81. The highest BCUT2D eigenvalue weighted by Gasteiger charge is 2.26. The SMILES string of the molecule is N#Cc1ccc(-c2cccc(-c3nc(-c4ccc(-c5cccc(C#N)c5)cc4-n4c5ccccc5c5c6oc7ccccc7c6ccc54)nc(-c4ccc(-c5cccc(C#N)c5)cc4-n4c5ccccc5c5c6oc7ccccc7c6ccc54)n3)c2)cc1. The molecule has 88 heavy (non-hydrogen) atoms. The average molecular weight is 1120 g/mol. The molecule has 12 aromatic carbocycles. The van der Waals surface area contributed by atoms with Crippen LogP contribution in [0, 0.1) is 34.0 Å². The summed E-state index contributed by atoms with van der Waals surface area (Å²) in [7, 11) is 0. The summed E-state index contributed by atoms with van der Waals surface area (Å²) in [4.78, 5) is 16.8. The van der Waals surface area contributed by atoms with E-state index in [2.05, 4.69) is 155 Å². The van der Waals surface area contributed by atoms with Crippen molar-refractivity contribution in [1.29, 1.82) is 15.8 Å². The molecule has 406 valence electrons. The Morgan fingerprint density at radius 3 is 1.19 bits per heavy atom. The topological polar surface area (TPSA) is 146 Å². The van der Waals surface area contributed by atoms with Crippen LogP contribution in [-0.2, 0) is 0 Å². The Hall–Kier alpha value is -12.7. The second-order valence-corrected chi connectivity index (χ2v) is 22.0. The van der Waals surface area contributed by atoms with Crippen LogP contribution in [0.15, 0.2) is 264 Å². The minimum atomic E-state index is 0.412. The lowest BCUT2D eigenvalue weighted by atomic mass is 9.99. The zero-order valence-corrected chi connectivity index (χ0v) is 46.6. The van der Waals surface area contributed by atoms with Gasteiger partial charge < -0.3 is 18.0 Å². The minimum absolute atomic E-state index is 0.412. The second-order valence-electron chi connectivity index (χ2n) is 22.0. The van der Waals surface area contributed by atoms with Gasteiger partial charge in [0.1, 0.15) is 22.3 Å². The molecule has 0 saturated heterocycles. The van der Waals surface area contributed by atoms with Crippen molar-refractivity contribution in [2.45, 2.75) is 0 Å². The van der Waals surface area contributed by atoms with Crippen molar-refractivity contribution in [3.8, 4) is 97.1 Å². The van der Waals surface area contributed by atoms with E-state index in [4.69, 9.17) is 23.8 Å². The molecule has 5 heterocycles. The molecule has 0 unspecified atom stereocenters. The monoisotopic (exact) mass is 1120 g/mol. The van der Waals surface area contributed by atoms with Gasteiger partial charge in [0, 0.05) is 49.0 Å². The largest absolute Gasteiger partial charge is 0.455 e. The van der Waals surface area contributed by atoms with Gasteiger partial charge in [0.2, 0.25) is 0 Å². The van der Waals surface area contributed by atoms with Crippen LogP contribution in [0.3, 0.4) is 0 Å². The number of nitriles is 3. The van der Waals surface area contributed by atoms with Gasteiger partial charge in [0.05, 0.1) is 79.1 Å². The van der Waals surface area contributed by atoms with Gasteiger partial charge in [-0.1, -0.05) is 140 Å². The smallest absolute Gasteiger partial charge is 0.166 e. The molecule has 0 fully saturated rings. The quantitative estimate of drug-likeness (QED) is 0.146. The van der Waals surface area contributed by atoms with Gasteiger partial charge in [-0.3, -0.25) is 0 Å². The summed E-state index contributed by atoms with van der Waals surface area (Å²) in [5, 5.41) is 38.1. The highest BCUT2D eigenvalue weighted by Crippen LogP contribution is 2.46. The number of hydrogen-bond donors (Lipinski definition) is 0. The molecule has 10 nitrogen and oxygen atoms in total. The predicted molar refractivity (Wildman–Crippen MR) is 350 cm³/mol. The van der Waals surface area contributed by atoms with Crippen LogP contribution in [0.2, 0.25) is 0 Å². The van der Waals surface area contributed by atoms with Gasteiger partial charge in [0.25, 0.3) is 0 Å². The number of fused-ring (bicyclic) bond motifs is 14. The first-order valence-electron chi connectivity index (χ1n) is 28.8. The molecule has 10 heteroatoms. The summed E-state index contributed by atoms with van der Waals surface area (Å²) in [6, 6.07) is 92.4. The molecule has 0 bridgehead atoms. The van der Waals surface area contributed by atoms with E-state index in [1.54, 1.807) is 0 Å². The first-order chi connectivity index (χ1) is 43.5. The van der Waals surface area contributed by atoms with E-state index >= 15 is 0 Å². The number of nitrogens with zero attached hydrogens (tertiary/aromatic N) is 8. The minimum Gasteiger partial charge on any atom is -0.455 e. The van der Waals surface area contributed by atoms with Crippen molar-refractivity contribution < 1.29 is 8.83 Å². The maximum Gasteiger partial charge on any atom is 0.166 e. The highest BCUT2D eigenvalue weighted by molar-refractivity contribution is 6.25. The third-order valence-corrected chi connectivity index (χ3v) is 17.1. The Kier molecular flexibility index (Phi) is 11.2. The summed E-state index contributed by atoms with van der Waals surface area (Å²) in [6.07, 6.45) is 0. The molecule has 0 N–H and O–H groups in total. The first kappa shape index (κ1) is 49.9. The van der Waals surface area contributed by atoms with E-state index in [0.717, 1.165) is 149 Å². The number of para-hydroxylation sites is 4. The van der Waals surface area contributed by atoms with E-state index in [1.165, 1.54) is 0 Å². The number of benzene rings is 12. The molecule has 0 radical (unpaired) electrons. The van der Waals surface area contributed by atoms with E-state index in [1.807, 2.05) is 127 Å². The third-order valence-electron chi connectivity index (χ3n) is 17.1. The van der Waals surface area contributed by atoms with Crippen molar-refractivity contribution in [1.82, 2.24) is 24.1 Å². The standard InChI is InChI=1S/C78H42N8O2/c79-43-46-26-28-49(29-27-46)52-16-11-17-55(40-52)76-82-77(62-32-30-53(50-14-9-12-47(38-50)44-80)41-68(62)85-64-22-5-1-20-60(64)72-66(85)36-34-58-56-18-3-7-24-70(56)87-74(58)72)84-78(83-76)63-33-31-54(51-15-10-13-48(39-51)45-81)42-69(63)86-65-23-6-2-21-61(65)73-67(86)37-35-59-57-19-4-8-25-71(57)88-75(59)73/h1-42H. The third kappa shape index (κ3) is 7.83. The second kappa shape index (κ2) is 19.7. The van der Waals surface area contributed by atoms with E-state index in [0.29, 0.717) is 34.2 Å². The Morgan fingerprint density at radius 1 is 0.284 bits per heavy atom. The Labute approximate surface area is 502 Å². The molecule has 0 amide bonds. The van der Waals surface area contributed by atoms with Crippen LogP contribution in [0.1, 0.15) is 16.7 Å². The van der Waals surface area contributed by atoms with Crippen molar-refractivity contribution in [3.63, 3.8) is 0 Å². The Balaban J connectivity index is 0.972. The highest BCUT2D eigenvalue weighted by atomic mass is 16.3. The Morgan fingerprint density at radius 2 is 0.693 bits per heavy atom. The van der Waals surface area contributed by atoms with E-state index in [-0.39, 0.29) is 0 Å². The van der Waals surface area contributed by atoms with Gasteiger partial charge in [0.15, 0.2) is 17.5 Å². The number of furan rings is 2. The molecule has 0 saturated carbocycles. The van der Waals surface area contributed by atoms with E-state index < -0.39 is 0 Å². The fourth-order valence-electron chi connectivity index (χ4n) is 13.0. The van der Waals surface area contributed by atoms with Crippen molar-refractivity contribution in [3.05, 3.63) is 271 Å². The zero-order valence-electron chi connectivity index (χ0n) is 46.6. The number of hydrogen-bond acceptors (Lipinski definition) is 8. The fraction of sp³-hybridized carbons (Fsp3) is 0. The lowest BCUT2D eigenvalue weighted by Crippen LogP contribution is -2.06. The number of rotatable bonds is 8. The molecule has 0 spiro atoms. The molecule has 17 aromatic rings. The lowest BCUT2D eigenvalue weighted by Gasteiger charge is -2.18. The van der Waals surface area contributed by atoms with Crippen molar-refractivity contribution in [2.24, 2.45) is 0 Å². The summed E-state index contributed by atoms with van der Waals surface area (Å²) in [5.74, 6) is 1.26. The molecule has 0 atom stereocenters. The maximum atomic E-state index is 10.2. The molecule has 0 aliphatic heterocycles. The molecular formula is C78H42N8O2. The summed E-state index contributed by atoms with van der Waals surface area (Å²) >= 11 is 0. The van der Waals surface area contributed by atoms with Crippen LogP contribution in [0.4, 0.5) is 0 Å². The van der Waals surface area contributed by atoms with Gasteiger partial charge >= 0.3 is 0 Å². The summed E-state index contributed by atoms with van der Waals surface area (Å²) in [6.45, 7) is 0. The van der Waals surface area contributed by atoms with Gasteiger partial charge in [-0.05, 0) is 149 Å². The molecule has 0 aliphatic carbocycles.